The van der Waals surface area contributed by atoms with Gasteiger partial charge in [0, 0.05) is 24.3 Å². The van der Waals surface area contributed by atoms with Crippen molar-refractivity contribution >= 4 is 0 Å². The van der Waals surface area contributed by atoms with E-state index >= 15 is 0 Å². The number of H-pyrrole nitrogens is 1. The van der Waals surface area contributed by atoms with Gasteiger partial charge in [-0.25, -0.2) is 4.98 Å². The fourth-order valence-corrected chi connectivity index (χ4v) is 2.43. The maximum absolute atomic E-state index is 4.31. The van der Waals surface area contributed by atoms with Crippen molar-refractivity contribution in [2.75, 3.05) is 13.1 Å². The SMILES string of the molecule is Cc1[nH]cnc1CNC1CCN(C(C)C)CC1. The third kappa shape index (κ3) is 3.30. The van der Waals surface area contributed by atoms with Crippen molar-refractivity contribution in [3.8, 4) is 0 Å². The lowest BCUT2D eigenvalue weighted by molar-refractivity contribution is 0.160. The fraction of sp³-hybridized carbons (Fsp3) is 0.769. The molecule has 0 bridgehead atoms. The van der Waals surface area contributed by atoms with Crippen molar-refractivity contribution in [2.24, 2.45) is 0 Å². The van der Waals surface area contributed by atoms with Gasteiger partial charge < -0.3 is 15.2 Å². The Morgan fingerprint density at radius 2 is 2.18 bits per heavy atom. The molecule has 0 radical (unpaired) electrons. The first-order chi connectivity index (χ1) is 8.16. The van der Waals surface area contributed by atoms with Crippen molar-refractivity contribution < 1.29 is 0 Å². The Morgan fingerprint density at radius 1 is 1.47 bits per heavy atom. The molecule has 17 heavy (non-hydrogen) atoms. The van der Waals surface area contributed by atoms with E-state index in [1.165, 1.54) is 31.6 Å². The van der Waals surface area contributed by atoms with Crippen LogP contribution in [0.5, 0.6) is 0 Å². The van der Waals surface area contributed by atoms with Crippen LogP contribution in [-0.2, 0) is 6.54 Å². The largest absolute Gasteiger partial charge is 0.348 e. The average Bonchev–Trinajstić information content (AvgIpc) is 2.73. The second kappa shape index (κ2) is 5.65. The van der Waals surface area contributed by atoms with E-state index in [0.717, 1.165) is 12.2 Å². The van der Waals surface area contributed by atoms with Crippen LogP contribution < -0.4 is 5.32 Å². The summed E-state index contributed by atoms with van der Waals surface area (Å²) in [5.74, 6) is 0. The molecule has 4 nitrogen and oxygen atoms in total. The van der Waals surface area contributed by atoms with Gasteiger partial charge in [-0.3, -0.25) is 0 Å². The molecule has 0 aliphatic carbocycles. The molecule has 0 aromatic carbocycles. The fourth-order valence-electron chi connectivity index (χ4n) is 2.43. The van der Waals surface area contributed by atoms with Crippen molar-refractivity contribution in [3.63, 3.8) is 0 Å². The minimum Gasteiger partial charge on any atom is -0.348 e. The zero-order valence-electron chi connectivity index (χ0n) is 11.2. The van der Waals surface area contributed by atoms with Crippen LogP contribution in [0.4, 0.5) is 0 Å². The molecule has 1 aliphatic heterocycles. The van der Waals surface area contributed by atoms with Gasteiger partial charge in [0.2, 0.25) is 0 Å². The topological polar surface area (TPSA) is 44.0 Å². The molecule has 0 unspecified atom stereocenters. The maximum atomic E-state index is 4.31. The van der Waals surface area contributed by atoms with E-state index in [4.69, 9.17) is 0 Å². The summed E-state index contributed by atoms with van der Waals surface area (Å²) in [7, 11) is 0. The molecule has 0 saturated carbocycles. The van der Waals surface area contributed by atoms with Crippen LogP contribution in [0.2, 0.25) is 0 Å². The predicted octanol–water partition coefficient (Wildman–Crippen LogP) is 1.68. The Morgan fingerprint density at radius 3 is 2.71 bits per heavy atom. The lowest BCUT2D eigenvalue weighted by Crippen LogP contribution is -2.44. The number of hydrogen-bond acceptors (Lipinski definition) is 3. The number of rotatable bonds is 4. The average molecular weight is 236 g/mol. The molecule has 1 fully saturated rings. The summed E-state index contributed by atoms with van der Waals surface area (Å²) in [4.78, 5) is 9.99. The smallest absolute Gasteiger partial charge is 0.0925 e. The van der Waals surface area contributed by atoms with E-state index in [1.54, 1.807) is 6.33 Å². The van der Waals surface area contributed by atoms with Crippen LogP contribution in [-0.4, -0.2) is 40.0 Å². The molecule has 0 spiro atoms. The molecule has 1 aliphatic rings. The Balaban J connectivity index is 1.74. The molecule has 0 amide bonds. The molecule has 4 heteroatoms. The van der Waals surface area contributed by atoms with Crippen LogP contribution >= 0.6 is 0 Å². The Labute approximate surface area is 104 Å². The highest BCUT2D eigenvalue weighted by Gasteiger charge is 2.20. The minimum atomic E-state index is 0.654. The van der Waals surface area contributed by atoms with Crippen molar-refractivity contribution in [2.45, 2.75) is 52.2 Å². The number of imidazole rings is 1. The molecule has 2 N–H and O–H groups in total. The van der Waals surface area contributed by atoms with E-state index in [2.05, 4.69) is 41.0 Å². The zero-order valence-corrected chi connectivity index (χ0v) is 11.2. The Kier molecular flexibility index (Phi) is 4.18. The first-order valence-electron chi connectivity index (χ1n) is 6.63. The van der Waals surface area contributed by atoms with Gasteiger partial charge in [-0.2, -0.15) is 0 Å². The van der Waals surface area contributed by atoms with Crippen LogP contribution in [0.1, 0.15) is 38.1 Å². The summed E-state index contributed by atoms with van der Waals surface area (Å²) < 4.78 is 0. The van der Waals surface area contributed by atoms with E-state index < -0.39 is 0 Å². The molecular weight excluding hydrogens is 212 g/mol. The Hall–Kier alpha value is -0.870. The molecule has 96 valence electrons. The zero-order chi connectivity index (χ0) is 12.3. The number of aromatic nitrogens is 2. The highest BCUT2D eigenvalue weighted by molar-refractivity contribution is 5.08. The number of aryl methyl sites for hydroxylation is 1. The molecular formula is C13H24N4. The van der Waals surface area contributed by atoms with Crippen LogP contribution in [0, 0.1) is 6.92 Å². The highest BCUT2D eigenvalue weighted by Crippen LogP contribution is 2.13. The number of aromatic amines is 1. The quantitative estimate of drug-likeness (QED) is 0.836. The molecule has 2 rings (SSSR count). The van der Waals surface area contributed by atoms with Crippen LogP contribution in [0.3, 0.4) is 0 Å². The predicted molar refractivity (Wildman–Crippen MR) is 69.9 cm³/mol. The summed E-state index contributed by atoms with van der Waals surface area (Å²) in [6, 6.07) is 1.34. The number of piperidine rings is 1. The maximum Gasteiger partial charge on any atom is 0.0925 e. The van der Waals surface area contributed by atoms with Crippen molar-refractivity contribution in [1.29, 1.82) is 0 Å². The summed E-state index contributed by atoms with van der Waals surface area (Å²) >= 11 is 0. The summed E-state index contributed by atoms with van der Waals surface area (Å²) in [6.07, 6.45) is 4.27. The van der Waals surface area contributed by atoms with Gasteiger partial charge in [-0.15, -0.1) is 0 Å². The van der Waals surface area contributed by atoms with Gasteiger partial charge in [0.1, 0.15) is 0 Å². The monoisotopic (exact) mass is 236 g/mol. The molecule has 2 heterocycles. The Bertz CT molecular complexity index is 337. The first kappa shape index (κ1) is 12.6. The van der Waals surface area contributed by atoms with Crippen LogP contribution in [0.15, 0.2) is 6.33 Å². The second-order valence-electron chi connectivity index (χ2n) is 5.26. The molecule has 1 aromatic rings. The lowest BCUT2D eigenvalue weighted by Gasteiger charge is -2.34. The first-order valence-corrected chi connectivity index (χ1v) is 6.63. The second-order valence-corrected chi connectivity index (χ2v) is 5.26. The van der Waals surface area contributed by atoms with E-state index in [9.17, 15) is 0 Å². The minimum absolute atomic E-state index is 0.654. The van der Waals surface area contributed by atoms with E-state index in [-0.39, 0.29) is 0 Å². The van der Waals surface area contributed by atoms with E-state index in [0.29, 0.717) is 12.1 Å². The molecule has 0 atom stereocenters. The number of nitrogens with zero attached hydrogens (tertiary/aromatic N) is 2. The summed E-state index contributed by atoms with van der Waals surface area (Å²) in [6.45, 7) is 9.96. The third-order valence-corrected chi connectivity index (χ3v) is 3.75. The van der Waals surface area contributed by atoms with Crippen molar-refractivity contribution in [3.05, 3.63) is 17.7 Å². The number of hydrogen-bond donors (Lipinski definition) is 2. The number of nitrogens with one attached hydrogen (secondary N) is 2. The normalized spacial score (nSPS) is 19.1. The van der Waals surface area contributed by atoms with Gasteiger partial charge in [0.05, 0.1) is 12.0 Å². The number of likely N-dealkylation sites (tertiary alicyclic amines) is 1. The summed E-state index contributed by atoms with van der Waals surface area (Å²) in [5.41, 5.74) is 2.33. The van der Waals surface area contributed by atoms with Gasteiger partial charge >= 0.3 is 0 Å². The van der Waals surface area contributed by atoms with Gasteiger partial charge in [0.25, 0.3) is 0 Å². The van der Waals surface area contributed by atoms with Crippen LogP contribution in [0.25, 0.3) is 0 Å². The van der Waals surface area contributed by atoms with Gasteiger partial charge in [-0.05, 0) is 46.7 Å². The molecule has 1 aromatic heterocycles. The standard InChI is InChI=1S/C13H24N4/c1-10(2)17-6-4-12(5-7-17)14-8-13-11(3)15-9-16-13/h9-10,12,14H,4-8H2,1-3H3,(H,15,16). The van der Waals surface area contributed by atoms with Gasteiger partial charge in [0.15, 0.2) is 0 Å². The summed E-state index contributed by atoms with van der Waals surface area (Å²) in [5, 5.41) is 3.62. The molecule has 1 saturated heterocycles. The lowest BCUT2D eigenvalue weighted by atomic mass is 10.0. The van der Waals surface area contributed by atoms with Crippen molar-refractivity contribution in [1.82, 2.24) is 20.2 Å². The highest BCUT2D eigenvalue weighted by atomic mass is 15.2. The van der Waals surface area contributed by atoms with Gasteiger partial charge in [-0.1, -0.05) is 0 Å². The van der Waals surface area contributed by atoms with E-state index in [1.807, 2.05) is 0 Å². The third-order valence-electron chi connectivity index (χ3n) is 3.75.